The lowest BCUT2D eigenvalue weighted by Crippen LogP contribution is -2.01. The van der Waals surface area contributed by atoms with E-state index in [0.29, 0.717) is 59.4 Å². The van der Waals surface area contributed by atoms with Gasteiger partial charge < -0.3 is 0 Å². The highest BCUT2D eigenvalue weighted by Crippen LogP contribution is 2.46. The molecule has 0 unspecified atom stereocenters. The van der Waals surface area contributed by atoms with Gasteiger partial charge in [-0.05, 0) is 148 Å². The summed E-state index contributed by atoms with van der Waals surface area (Å²) in [5.41, 5.74) is 17.7. The molecule has 0 bridgehead atoms. The quantitative estimate of drug-likeness (QED) is 0.120. The average molecular weight is 721 g/mol. The van der Waals surface area contributed by atoms with Gasteiger partial charge in [-0.3, -0.25) is 0 Å². The molecule has 0 atom stereocenters. The minimum absolute atomic E-state index is 0.320. The van der Waals surface area contributed by atoms with E-state index in [1.807, 2.05) is 0 Å². The lowest BCUT2D eigenvalue weighted by Gasteiger charge is -2.24. The van der Waals surface area contributed by atoms with E-state index in [4.69, 9.17) is 0 Å². The highest BCUT2D eigenvalue weighted by atomic mass is 14.3. The van der Waals surface area contributed by atoms with Crippen molar-refractivity contribution in [3.05, 3.63) is 129 Å². The van der Waals surface area contributed by atoms with E-state index in [0.717, 1.165) is 44.5 Å². The normalized spacial score (nSPS) is 12.8. The molecule has 54 heavy (non-hydrogen) atoms. The van der Waals surface area contributed by atoms with Crippen molar-refractivity contribution in [1.82, 2.24) is 0 Å². The first-order valence-corrected chi connectivity index (χ1v) is 21.0. The second-order valence-electron chi connectivity index (χ2n) is 18.5. The molecule has 0 saturated heterocycles. The van der Waals surface area contributed by atoms with Gasteiger partial charge in [-0.1, -0.05) is 184 Å². The van der Waals surface area contributed by atoms with Gasteiger partial charge in [-0.25, -0.2) is 0 Å². The Hall–Kier alpha value is -3.90. The van der Waals surface area contributed by atoms with Gasteiger partial charge in [0.15, 0.2) is 0 Å². The molecule has 0 fully saturated rings. The summed E-state index contributed by atoms with van der Waals surface area (Å²) in [7, 11) is 0. The first kappa shape index (κ1) is 38.4. The van der Waals surface area contributed by atoms with Gasteiger partial charge in [-0.2, -0.15) is 0 Å². The van der Waals surface area contributed by atoms with E-state index in [-0.39, 0.29) is 0 Å². The molecule has 0 aromatic heterocycles. The second kappa shape index (κ2) is 16.9. The van der Waals surface area contributed by atoms with Crippen molar-refractivity contribution < 1.29 is 2.74 Å². The van der Waals surface area contributed by atoms with Crippen molar-refractivity contribution in [2.45, 2.75) is 158 Å². The van der Waals surface area contributed by atoms with Crippen LogP contribution in [0.1, 0.15) is 205 Å². The van der Waals surface area contributed by atoms with Crippen LogP contribution in [0, 0.1) is 0 Å². The lowest BCUT2D eigenvalue weighted by atomic mass is 9.80. The Morgan fingerprint density at radius 1 is 0.241 bits per heavy atom. The summed E-state index contributed by atoms with van der Waals surface area (Å²) in [6.07, 6.45) is 0. The molecule has 5 aromatic carbocycles. The highest BCUT2D eigenvalue weighted by molar-refractivity contribution is 5.96. The smallest absolute Gasteiger partial charge is 0.0587 e. The van der Waals surface area contributed by atoms with Gasteiger partial charge in [0.1, 0.15) is 0 Å². The Labute approximate surface area is 333 Å². The molecule has 0 heterocycles. The summed E-state index contributed by atoms with van der Waals surface area (Å²) in [5, 5.41) is 0. The molecule has 0 amide bonds. The van der Waals surface area contributed by atoms with Crippen LogP contribution in [-0.4, -0.2) is 0 Å². The first-order chi connectivity index (χ1) is 26.2. The van der Waals surface area contributed by atoms with Crippen LogP contribution in [0.4, 0.5) is 0 Å². The third kappa shape index (κ3) is 9.13. The molecule has 0 aliphatic carbocycles. The van der Waals surface area contributed by atoms with Crippen LogP contribution in [0.15, 0.2) is 84.9 Å². The Morgan fingerprint density at radius 2 is 0.370 bits per heavy atom. The summed E-state index contributed by atoms with van der Waals surface area (Å²) in [6.45, 7) is 36.2. The van der Waals surface area contributed by atoms with Gasteiger partial charge >= 0.3 is 0 Å². The SMILES string of the molecule is [2H]c1c(-c2cc(C(C)C)cc(C(C)C)c2)c(-c2cc(C(C)C)cc(C(C)C)c2)c([2H])c(-c2cc(C(C)C)cc(C(C)C)c2)c1-c1cc(C(C)C)cc(C(C)C)c1. The second-order valence-corrected chi connectivity index (χ2v) is 18.5. The van der Waals surface area contributed by atoms with Gasteiger partial charge in [-0.15, -0.1) is 0 Å². The molecule has 5 rings (SSSR count). The molecule has 286 valence electrons. The summed E-state index contributed by atoms with van der Waals surface area (Å²) in [5.74, 6) is 2.56. The standard InChI is InChI=1S/C54H70/c1-31(2)39-17-40(32(3)4)22-47(21-39)51-29-53(49-25-43(35(9)10)19-44(26-49)36(11)12)54(50-27-45(37(13)14)20-46(28-50)38(15)16)30-52(51)48-23-41(33(5)6)18-42(24-48)34(7)8/h17-38H,1-16H3/i29D,30D. The maximum absolute atomic E-state index is 10.7. The maximum Gasteiger partial charge on any atom is 0.0636 e. The first-order valence-electron chi connectivity index (χ1n) is 22.0. The zero-order valence-corrected chi connectivity index (χ0v) is 36.5. The van der Waals surface area contributed by atoms with Crippen LogP contribution >= 0.6 is 0 Å². The molecular formula is C54H70. The number of rotatable bonds is 12. The molecule has 0 aliphatic rings. The van der Waals surface area contributed by atoms with Gasteiger partial charge in [0, 0.05) is 0 Å². The number of benzene rings is 5. The third-order valence-corrected chi connectivity index (χ3v) is 11.4. The largest absolute Gasteiger partial charge is 0.0636 e. The van der Waals surface area contributed by atoms with Gasteiger partial charge in [0.25, 0.3) is 0 Å². The minimum atomic E-state index is 0.320. The van der Waals surface area contributed by atoms with Crippen LogP contribution in [-0.2, 0) is 0 Å². The van der Waals surface area contributed by atoms with Crippen LogP contribution in [0.25, 0.3) is 44.5 Å². The Kier molecular flexibility index (Phi) is 12.0. The topological polar surface area (TPSA) is 0 Å². The monoisotopic (exact) mass is 721 g/mol. The molecule has 0 saturated carbocycles. The van der Waals surface area contributed by atoms with E-state index in [1.165, 1.54) is 44.5 Å². The highest BCUT2D eigenvalue weighted by Gasteiger charge is 2.22. The fourth-order valence-corrected chi connectivity index (χ4v) is 7.32. The maximum atomic E-state index is 10.7. The van der Waals surface area contributed by atoms with Crippen molar-refractivity contribution >= 4 is 0 Å². The molecule has 0 aliphatic heterocycles. The van der Waals surface area contributed by atoms with Gasteiger partial charge in [0.2, 0.25) is 0 Å². The van der Waals surface area contributed by atoms with E-state index < -0.39 is 0 Å². The Balaban J connectivity index is 2.14. The van der Waals surface area contributed by atoms with Crippen LogP contribution in [0.3, 0.4) is 0 Å². The van der Waals surface area contributed by atoms with E-state index in [1.54, 1.807) is 0 Å². The fourth-order valence-electron chi connectivity index (χ4n) is 7.32. The zero-order chi connectivity index (χ0) is 41.5. The molecule has 0 N–H and O–H groups in total. The number of hydrogen-bond donors (Lipinski definition) is 0. The predicted octanol–water partition coefficient (Wildman–Crippen LogP) is 17.3. The fraction of sp³-hybridized carbons (Fsp3) is 0.444. The van der Waals surface area contributed by atoms with Crippen molar-refractivity contribution in [3.63, 3.8) is 0 Å². The van der Waals surface area contributed by atoms with E-state index in [2.05, 4.69) is 184 Å². The summed E-state index contributed by atoms with van der Waals surface area (Å²) in [4.78, 5) is 0. The van der Waals surface area contributed by atoms with Crippen LogP contribution < -0.4 is 0 Å². The Morgan fingerprint density at radius 3 is 0.481 bits per heavy atom. The summed E-state index contributed by atoms with van der Waals surface area (Å²) < 4.78 is 21.4. The number of hydrogen-bond acceptors (Lipinski definition) is 0. The summed E-state index contributed by atoms with van der Waals surface area (Å²) >= 11 is 0. The molecule has 0 spiro atoms. The van der Waals surface area contributed by atoms with Crippen molar-refractivity contribution in [2.24, 2.45) is 0 Å². The summed E-state index contributed by atoms with van der Waals surface area (Å²) in [6, 6.07) is 28.9. The van der Waals surface area contributed by atoms with Crippen molar-refractivity contribution in [2.75, 3.05) is 0 Å². The predicted molar refractivity (Wildman–Crippen MR) is 241 cm³/mol. The Bertz CT molecular complexity index is 1770. The van der Waals surface area contributed by atoms with E-state index in [9.17, 15) is 2.74 Å². The minimum Gasteiger partial charge on any atom is -0.0587 e. The van der Waals surface area contributed by atoms with Crippen molar-refractivity contribution in [3.8, 4) is 44.5 Å². The van der Waals surface area contributed by atoms with Crippen LogP contribution in [0.2, 0.25) is 0 Å². The molecule has 0 radical (unpaired) electrons. The van der Waals surface area contributed by atoms with E-state index >= 15 is 0 Å². The molecule has 0 heteroatoms. The average Bonchev–Trinajstić information content (AvgIpc) is 3.14. The van der Waals surface area contributed by atoms with Crippen molar-refractivity contribution in [1.29, 1.82) is 0 Å². The lowest BCUT2D eigenvalue weighted by molar-refractivity contribution is 0.833. The van der Waals surface area contributed by atoms with Gasteiger partial charge in [0.05, 0.1) is 2.74 Å². The zero-order valence-electron chi connectivity index (χ0n) is 38.5. The molecule has 5 aromatic rings. The molecule has 0 nitrogen and oxygen atoms in total. The third-order valence-electron chi connectivity index (χ3n) is 11.4. The van der Waals surface area contributed by atoms with Crippen LogP contribution in [0.5, 0.6) is 0 Å². The molecular weight excluding hydrogens is 649 g/mol.